The predicted molar refractivity (Wildman–Crippen MR) is 117 cm³/mol. The van der Waals surface area contributed by atoms with Crippen LogP contribution in [0.3, 0.4) is 0 Å². The number of nitrogens with zero attached hydrogens (tertiary/aromatic N) is 4. The fourth-order valence-electron chi connectivity index (χ4n) is 4.01. The van der Waals surface area contributed by atoms with Crippen molar-refractivity contribution in [1.29, 1.82) is 0 Å². The molecule has 5 rings (SSSR count). The standard InChI is InChI=1S/C24H23N5O/c1-17-20(15-25-29(17)18-9-3-2-4-10-18)24(30)27-21-12-6-5-11-19(21)22-16-28-14-8-7-13-23(28)26-22/h2-6,9-12,15-16H,7-8,13-14H2,1H3,(H,27,30). The number of carbonyl (C=O) groups excluding carboxylic acids is 1. The van der Waals surface area contributed by atoms with Crippen LogP contribution in [-0.2, 0) is 13.0 Å². The summed E-state index contributed by atoms with van der Waals surface area (Å²) in [6.07, 6.45) is 7.09. The molecule has 0 spiro atoms. The smallest absolute Gasteiger partial charge is 0.259 e. The summed E-state index contributed by atoms with van der Waals surface area (Å²) < 4.78 is 4.01. The molecule has 0 saturated carbocycles. The van der Waals surface area contributed by atoms with Crippen LogP contribution >= 0.6 is 0 Å². The maximum atomic E-state index is 13.1. The summed E-state index contributed by atoms with van der Waals surface area (Å²) in [6.45, 7) is 2.92. The predicted octanol–water partition coefficient (Wildman–Crippen LogP) is 4.63. The van der Waals surface area contributed by atoms with Crippen LogP contribution in [0.25, 0.3) is 16.9 Å². The Bertz CT molecular complexity index is 1180. The van der Waals surface area contributed by atoms with Crippen molar-refractivity contribution < 1.29 is 4.79 Å². The summed E-state index contributed by atoms with van der Waals surface area (Å²) in [5.74, 6) is 0.948. The van der Waals surface area contributed by atoms with Gasteiger partial charge in [0, 0.05) is 24.7 Å². The Balaban J connectivity index is 1.44. The third kappa shape index (κ3) is 3.30. The molecule has 30 heavy (non-hydrogen) atoms. The van der Waals surface area contributed by atoms with Crippen molar-refractivity contribution in [3.63, 3.8) is 0 Å². The molecule has 150 valence electrons. The van der Waals surface area contributed by atoms with Crippen LogP contribution in [0.1, 0.15) is 34.7 Å². The van der Waals surface area contributed by atoms with Gasteiger partial charge in [-0.3, -0.25) is 4.79 Å². The Kier molecular flexibility index (Phi) is 4.67. The first kappa shape index (κ1) is 18.4. The number of fused-ring (bicyclic) bond motifs is 1. The molecule has 1 aliphatic rings. The number of carbonyl (C=O) groups is 1. The lowest BCUT2D eigenvalue weighted by atomic mass is 10.1. The molecule has 0 unspecified atom stereocenters. The molecular formula is C24H23N5O. The van der Waals surface area contributed by atoms with Gasteiger partial charge in [-0.25, -0.2) is 9.67 Å². The topological polar surface area (TPSA) is 64.7 Å². The van der Waals surface area contributed by atoms with Gasteiger partial charge in [0.25, 0.3) is 5.91 Å². The van der Waals surface area contributed by atoms with Gasteiger partial charge in [-0.05, 0) is 38.0 Å². The fraction of sp³-hybridized carbons (Fsp3) is 0.208. The van der Waals surface area contributed by atoms with Gasteiger partial charge >= 0.3 is 0 Å². The molecule has 1 amide bonds. The number of aryl methyl sites for hydroxylation is 2. The molecule has 1 N–H and O–H groups in total. The van der Waals surface area contributed by atoms with Gasteiger partial charge in [0.15, 0.2) is 0 Å². The number of amides is 1. The first-order valence-corrected chi connectivity index (χ1v) is 10.3. The van der Waals surface area contributed by atoms with Gasteiger partial charge in [0.2, 0.25) is 0 Å². The van der Waals surface area contributed by atoms with Crippen LogP contribution in [0.4, 0.5) is 5.69 Å². The van der Waals surface area contributed by atoms with Crippen molar-refractivity contribution in [2.75, 3.05) is 5.32 Å². The molecule has 0 saturated heterocycles. The van der Waals surface area contributed by atoms with Gasteiger partial charge in [0.1, 0.15) is 5.82 Å². The number of anilines is 1. The largest absolute Gasteiger partial charge is 0.334 e. The van der Waals surface area contributed by atoms with Crippen LogP contribution in [-0.4, -0.2) is 25.2 Å². The molecule has 4 aromatic rings. The second-order valence-corrected chi connectivity index (χ2v) is 7.58. The van der Waals surface area contributed by atoms with E-state index in [9.17, 15) is 4.79 Å². The molecule has 0 aliphatic carbocycles. The van der Waals surface area contributed by atoms with Crippen LogP contribution in [0, 0.1) is 6.92 Å². The van der Waals surface area contributed by atoms with Gasteiger partial charge in [0.05, 0.1) is 34.5 Å². The van der Waals surface area contributed by atoms with E-state index in [4.69, 9.17) is 4.98 Å². The van der Waals surface area contributed by atoms with E-state index in [1.54, 1.807) is 10.9 Å². The first-order valence-electron chi connectivity index (χ1n) is 10.3. The quantitative estimate of drug-likeness (QED) is 0.546. The van der Waals surface area contributed by atoms with E-state index in [-0.39, 0.29) is 5.91 Å². The molecule has 0 fully saturated rings. The summed E-state index contributed by atoms with van der Waals surface area (Å²) in [6, 6.07) is 17.6. The van der Waals surface area contributed by atoms with Crippen LogP contribution < -0.4 is 5.32 Å². The van der Waals surface area contributed by atoms with Gasteiger partial charge in [-0.15, -0.1) is 0 Å². The Morgan fingerprint density at radius 3 is 2.67 bits per heavy atom. The third-order valence-corrected chi connectivity index (χ3v) is 5.61. The zero-order chi connectivity index (χ0) is 20.5. The van der Waals surface area contributed by atoms with E-state index >= 15 is 0 Å². The highest BCUT2D eigenvalue weighted by atomic mass is 16.1. The fourth-order valence-corrected chi connectivity index (χ4v) is 4.01. The summed E-state index contributed by atoms with van der Waals surface area (Å²) in [5.41, 5.74) is 4.87. The zero-order valence-electron chi connectivity index (χ0n) is 16.9. The van der Waals surface area contributed by atoms with Gasteiger partial charge < -0.3 is 9.88 Å². The van der Waals surface area contributed by atoms with E-state index in [0.29, 0.717) is 5.56 Å². The lowest BCUT2D eigenvalue weighted by Crippen LogP contribution is -2.13. The Labute approximate surface area is 175 Å². The number of rotatable bonds is 4. The van der Waals surface area contributed by atoms with Crippen molar-refractivity contribution >= 4 is 11.6 Å². The average molecular weight is 397 g/mol. The minimum absolute atomic E-state index is 0.175. The number of nitrogens with one attached hydrogen (secondary N) is 1. The lowest BCUT2D eigenvalue weighted by molar-refractivity contribution is 0.102. The molecule has 6 heteroatoms. The molecule has 0 atom stereocenters. The number of benzene rings is 2. The van der Waals surface area contributed by atoms with E-state index in [2.05, 4.69) is 21.2 Å². The maximum absolute atomic E-state index is 13.1. The molecule has 1 aliphatic heterocycles. The Morgan fingerprint density at radius 2 is 1.83 bits per heavy atom. The molecule has 2 aromatic heterocycles. The monoisotopic (exact) mass is 397 g/mol. The summed E-state index contributed by atoms with van der Waals surface area (Å²) >= 11 is 0. The average Bonchev–Trinajstić information content (AvgIpc) is 3.38. The zero-order valence-corrected chi connectivity index (χ0v) is 16.9. The minimum atomic E-state index is -0.175. The third-order valence-electron chi connectivity index (χ3n) is 5.61. The second-order valence-electron chi connectivity index (χ2n) is 7.58. The summed E-state index contributed by atoms with van der Waals surface area (Å²) in [7, 11) is 0. The van der Waals surface area contributed by atoms with E-state index in [1.165, 1.54) is 12.8 Å². The highest BCUT2D eigenvalue weighted by Crippen LogP contribution is 2.29. The number of para-hydroxylation sites is 2. The van der Waals surface area contributed by atoms with Crippen molar-refractivity contribution in [2.24, 2.45) is 0 Å². The first-order chi connectivity index (χ1) is 14.7. The highest BCUT2D eigenvalue weighted by molar-refractivity contribution is 6.06. The normalized spacial score (nSPS) is 13.1. The molecular weight excluding hydrogens is 374 g/mol. The van der Waals surface area contributed by atoms with Crippen molar-refractivity contribution in [2.45, 2.75) is 32.7 Å². The summed E-state index contributed by atoms with van der Waals surface area (Å²) in [4.78, 5) is 17.9. The van der Waals surface area contributed by atoms with E-state index in [0.717, 1.165) is 47.1 Å². The Morgan fingerprint density at radius 1 is 1.03 bits per heavy atom. The van der Waals surface area contributed by atoms with Gasteiger partial charge in [-0.1, -0.05) is 36.4 Å². The van der Waals surface area contributed by atoms with Crippen LogP contribution in [0.5, 0.6) is 0 Å². The minimum Gasteiger partial charge on any atom is -0.334 e. The van der Waals surface area contributed by atoms with Crippen LogP contribution in [0.2, 0.25) is 0 Å². The molecule has 0 bridgehead atoms. The van der Waals surface area contributed by atoms with E-state index < -0.39 is 0 Å². The number of aromatic nitrogens is 4. The molecule has 0 radical (unpaired) electrons. The van der Waals surface area contributed by atoms with Gasteiger partial charge in [-0.2, -0.15) is 5.10 Å². The van der Waals surface area contributed by atoms with Crippen molar-refractivity contribution in [3.05, 3.63) is 84.1 Å². The van der Waals surface area contributed by atoms with Crippen molar-refractivity contribution in [3.8, 4) is 16.9 Å². The SMILES string of the molecule is Cc1c(C(=O)Nc2ccccc2-c2cn3c(n2)CCCC3)cnn1-c1ccccc1. The Hall–Kier alpha value is -3.67. The summed E-state index contributed by atoms with van der Waals surface area (Å²) in [5, 5.41) is 7.48. The molecule has 6 nitrogen and oxygen atoms in total. The number of hydrogen-bond acceptors (Lipinski definition) is 3. The lowest BCUT2D eigenvalue weighted by Gasteiger charge is -2.11. The van der Waals surface area contributed by atoms with E-state index in [1.807, 2.05) is 61.5 Å². The van der Waals surface area contributed by atoms with Crippen LogP contribution in [0.15, 0.2) is 67.0 Å². The highest BCUT2D eigenvalue weighted by Gasteiger charge is 2.19. The molecule has 2 aromatic carbocycles. The maximum Gasteiger partial charge on any atom is 0.259 e. The second kappa shape index (κ2) is 7.63. The number of imidazole rings is 1. The van der Waals surface area contributed by atoms with Crippen molar-refractivity contribution in [1.82, 2.24) is 19.3 Å². The number of hydrogen-bond donors (Lipinski definition) is 1. The molecule has 3 heterocycles.